The van der Waals surface area contributed by atoms with E-state index in [9.17, 15) is 0 Å². The summed E-state index contributed by atoms with van der Waals surface area (Å²) < 4.78 is 4.72. The predicted molar refractivity (Wildman–Crippen MR) is 122 cm³/mol. The third-order valence-corrected chi connectivity index (χ3v) is 6.57. The maximum absolute atomic E-state index is 8.83. The van der Waals surface area contributed by atoms with Gasteiger partial charge in [-0.15, -0.1) is 22.7 Å². The Hall–Kier alpha value is -3.88. The van der Waals surface area contributed by atoms with Crippen molar-refractivity contribution in [3.63, 3.8) is 0 Å². The molecule has 0 atom stereocenters. The van der Waals surface area contributed by atoms with Crippen LogP contribution < -0.4 is 0 Å². The van der Waals surface area contributed by atoms with Crippen LogP contribution in [0.5, 0.6) is 0 Å². The minimum absolute atomic E-state index is 0.0740. The predicted octanol–water partition coefficient (Wildman–Crippen LogP) is 6.30. The van der Waals surface area contributed by atoms with E-state index in [1.165, 1.54) is 32.6 Å². The molecule has 3 rings (SSSR count). The molecule has 0 spiro atoms. The summed E-state index contributed by atoms with van der Waals surface area (Å²) in [4.78, 5) is 2.11. The molecule has 0 radical (unpaired) electrons. The fraction of sp³-hybridized carbons (Fsp3) is 0.130. The second-order valence-electron chi connectivity index (χ2n) is 6.20. The Kier molecular flexibility index (Phi) is 6.63. The van der Waals surface area contributed by atoms with Gasteiger partial charge in [0.2, 0.25) is 0 Å². The van der Waals surface area contributed by atoms with Crippen LogP contribution >= 0.6 is 22.7 Å². The lowest BCUT2D eigenvalue weighted by Crippen LogP contribution is -1.94. The van der Waals surface area contributed by atoms with Crippen LogP contribution in [0.25, 0.3) is 32.6 Å². The lowest BCUT2D eigenvalue weighted by atomic mass is 10.3. The molecule has 0 bridgehead atoms. The van der Waals surface area contributed by atoms with Gasteiger partial charge in [-0.05, 0) is 42.9 Å². The summed E-state index contributed by atoms with van der Waals surface area (Å²) >= 11 is 3.35. The first-order valence-electron chi connectivity index (χ1n) is 9.07. The van der Waals surface area contributed by atoms with E-state index < -0.39 is 0 Å². The SMILES string of the molecule is CCCn1c2cc(C=CC=C(C#N)C#N)sc2c2sc(C=CC=C(C#N)C#N)cc21. The second-order valence-corrected chi connectivity index (χ2v) is 8.37. The summed E-state index contributed by atoms with van der Waals surface area (Å²) in [5.74, 6) is 0. The molecule has 0 fully saturated rings. The van der Waals surface area contributed by atoms with E-state index in [1.807, 2.05) is 36.4 Å². The van der Waals surface area contributed by atoms with Crippen LogP contribution in [0, 0.1) is 45.3 Å². The van der Waals surface area contributed by atoms with Gasteiger partial charge in [0.1, 0.15) is 35.4 Å². The largest absolute Gasteiger partial charge is 0.339 e. The summed E-state index contributed by atoms with van der Waals surface area (Å²) in [6.07, 6.45) is 11.3. The Morgan fingerprint density at radius 1 is 0.833 bits per heavy atom. The molecule has 0 unspecified atom stereocenters. The van der Waals surface area contributed by atoms with E-state index in [1.54, 1.807) is 34.8 Å². The fourth-order valence-electron chi connectivity index (χ4n) is 2.96. The van der Waals surface area contributed by atoms with Crippen molar-refractivity contribution >= 4 is 55.3 Å². The molecular weight excluding hydrogens is 410 g/mol. The van der Waals surface area contributed by atoms with Gasteiger partial charge in [0.25, 0.3) is 0 Å². The second kappa shape index (κ2) is 9.55. The molecule has 0 aliphatic rings. The Labute approximate surface area is 182 Å². The fourth-order valence-corrected chi connectivity index (χ4v) is 5.26. The van der Waals surface area contributed by atoms with Gasteiger partial charge in [-0.2, -0.15) is 21.0 Å². The highest BCUT2D eigenvalue weighted by molar-refractivity contribution is 7.28. The topological polar surface area (TPSA) is 100 Å². The van der Waals surface area contributed by atoms with E-state index in [0.29, 0.717) is 0 Å². The van der Waals surface area contributed by atoms with Gasteiger partial charge in [0, 0.05) is 16.3 Å². The molecule has 7 heteroatoms. The zero-order chi connectivity index (χ0) is 21.5. The van der Waals surface area contributed by atoms with Crippen molar-refractivity contribution in [2.75, 3.05) is 0 Å². The average molecular weight is 426 g/mol. The highest BCUT2D eigenvalue weighted by Crippen LogP contribution is 2.41. The van der Waals surface area contributed by atoms with Crippen molar-refractivity contribution in [2.24, 2.45) is 0 Å². The van der Waals surface area contributed by atoms with Crippen LogP contribution in [0.4, 0.5) is 0 Å². The maximum Gasteiger partial charge on any atom is 0.129 e. The normalized spacial score (nSPS) is 10.7. The van der Waals surface area contributed by atoms with Crippen molar-refractivity contribution in [2.45, 2.75) is 19.9 Å². The Morgan fingerprint density at radius 2 is 1.27 bits per heavy atom. The molecule has 0 saturated heterocycles. The number of fused-ring (bicyclic) bond motifs is 3. The molecule has 0 saturated carbocycles. The van der Waals surface area contributed by atoms with Crippen LogP contribution in [-0.2, 0) is 6.54 Å². The average Bonchev–Trinajstić information content (AvgIpc) is 3.42. The molecule has 144 valence electrons. The number of thiophene rings is 2. The Balaban J connectivity index is 2.02. The van der Waals surface area contributed by atoms with Crippen molar-refractivity contribution in [1.29, 1.82) is 21.0 Å². The molecule has 5 nitrogen and oxygen atoms in total. The van der Waals surface area contributed by atoms with Gasteiger partial charge in [0.05, 0.1) is 20.4 Å². The van der Waals surface area contributed by atoms with Gasteiger partial charge in [0.15, 0.2) is 0 Å². The lowest BCUT2D eigenvalue weighted by Gasteiger charge is -2.02. The van der Waals surface area contributed by atoms with Crippen LogP contribution in [0.1, 0.15) is 23.1 Å². The number of rotatable bonds is 6. The molecule has 0 aliphatic carbocycles. The summed E-state index contributed by atoms with van der Waals surface area (Å²) in [7, 11) is 0. The van der Waals surface area contributed by atoms with Crippen molar-refractivity contribution in [3.05, 3.63) is 57.3 Å². The summed E-state index contributed by atoms with van der Waals surface area (Å²) in [6.45, 7) is 3.05. The highest BCUT2D eigenvalue weighted by atomic mass is 32.1. The van der Waals surface area contributed by atoms with Crippen LogP contribution in [0.2, 0.25) is 0 Å². The van der Waals surface area contributed by atoms with E-state index in [4.69, 9.17) is 21.0 Å². The minimum atomic E-state index is 0.0740. The first-order chi connectivity index (χ1) is 14.6. The molecule has 0 aliphatic heterocycles. The lowest BCUT2D eigenvalue weighted by molar-refractivity contribution is 0.724. The van der Waals surface area contributed by atoms with Gasteiger partial charge >= 0.3 is 0 Å². The van der Waals surface area contributed by atoms with Crippen molar-refractivity contribution < 1.29 is 0 Å². The third-order valence-electron chi connectivity index (χ3n) is 4.23. The zero-order valence-electron chi connectivity index (χ0n) is 16.1. The monoisotopic (exact) mass is 425 g/mol. The van der Waals surface area contributed by atoms with E-state index in [0.717, 1.165) is 22.7 Å². The summed E-state index contributed by atoms with van der Waals surface area (Å²) in [5, 5.41) is 35.3. The van der Waals surface area contributed by atoms with Gasteiger partial charge in [-0.1, -0.05) is 19.1 Å². The van der Waals surface area contributed by atoms with Crippen molar-refractivity contribution in [1.82, 2.24) is 4.57 Å². The number of aryl methyl sites for hydroxylation is 1. The molecule has 3 heterocycles. The maximum atomic E-state index is 8.83. The number of nitrogens with zero attached hydrogens (tertiary/aromatic N) is 5. The number of allylic oxidation sites excluding steroid dienone is 6. The van der Waals surface area contributed by atoms with Gasteiger partial charge in [-0.3, -0.25) is 0 Å². The first kappa shape index (κ1) is 20.8. The standard InChI is InChI=1S/C23H15N5S2/c1-2-9-28-20-10-18(7-3-5-16(12-24)13-25)29-22(20)23-21(28)11-19(30-23)8-4-6-17(14-26)15-27/h3-8,10-11H,2,9H2,1H3. The number of hydrogen-bond donors (Lipinski definition) is 0. The van der Waals surface area contributed by atoms with E-state index in [2.05, 4.69) is 23.6 Å². The first-order valence-corrected chi connectivity index (χ1v) is 10.7. The van der Waals surface area contributed by atoms with Gasteiger partial charge < -0.3 is 4.57 Å². The number of aromatic nitrogens is 1. The quantitative estimate of drug-likeness (QED) is 0.341. The van der Waals surface area contributed by atoms with Crippen LogP contribution in [0.15, 0.2) is 47.6 Å². The molecule has 0 aromatic carbocycles. The Morgan fingerprint density at radius 3 is 1.63 bits per heavy atom. The van der Waals surface area contributed by atoms with Crippen molar-refractivity contribution in [3.8, 4) is 24.3 Å². The Bertz CT molecular complexity index is 1260. The highest BCUT2D eigenvalue weighted by Gasteiger charge is 2.15. The summed E-state index contributed by atoms with van der Waals surface area (Å²) in [6, 6.07) is 11.7. The number of nitriles is 4. The zero-order valence-corrected chi connectivity index (χ0v) is 17.7. The van der Waals surface area contributed by atoms with Gasteiger partial charge in [-0.25, -0.2) is 0 Å². The number of hydrogen-bond acceptors (Lipinski definition) is 6. The molecule has 0 amide bonds. The minimum Gasteiger partial charge on any atom is -0.339 e. The summed E-state index contributed by atoms with van der Waals surface area (Å²) in [5.41, 5.74) is 2.51. The van der Waals surface area contributed by atoms with Crippen LogP contribution in [0.3, 0.4) is 0 Å². The van der Waals surface area contributed by atoms with E-state index >= 15 is 0 Å². The van der Waals surface area contributed by atoms with Crippen LogP contribution in [-0.4, -0.2) is 4.57 Å². The molecule has 3 aromatic heterocycles. The molecule has 3 aromatic rings. The molecular formula is C23H15N5S2. The smallest absolute Gasteiger partial charge is 0.129 e. The third kappa shape index (κ3) is 4.24. The molecule has 0 N–H and O–H groups in total. The molecule has 30 heavy (non-hydrogen) atoms. The van der Waals surface area contributed by atoms with E-state index in [-0.39, 0.29) is 11.1 Å².